The second-order valence-electron chi connectivity index (χ2n) is 4.74. The van der Waals surface area contributed by atoms with E-state index in [9.17, 15) is 8.78 Å². The van der Waals surface area contributed by atoms with Gasteiger partial charge < -0.3 is 5.73 Å². The van der Waals surface area contributed by atoms with E-state index in [1.165, 1.54) is 19.9 Å². The third-order valence-electron chi connectivity index (χ3n) is 3.25. The van der Waals surface area contributed by atoms with Crippen LogP contribution in [0, 0.1) is 5.92 Å². The van der Waals surface area contributed by atoms with Gasteiger partial charge in [-0.25, -0.2) is 8.78 Å². The van der Waals surface area contributed by atoms with Crippen LogP contribution in [0.5, 0.6) is 0 Å². The van der Waals surface area contributed by atoms with Gasteiger partial charge in [0.2, 0.25) is 0 Å². The standard InChI is InChI=1S/C14H21F2N/c1-4-11(9-17)12-6-5-7-13(8-12)14(15,16)10(2)3/h5-8,10-11H,4,9,17H2,1-3H3. The summed E-state index contributed by atoms with van der Waals surface area (Å²) in [6, 6.07) is 6.66. The smallest absolute Gasteiger partial charge is 0.275 e. The first-order chi connectivity index (χ1) is 7.93. The molecule has 2 N–H and O–H groups in total. The molecule has 1 unspecified atom stereocenters. The van der Waals surface area contributed by atoms with Crippen LogP contribution in [0.2, 0.25) is 0 Å². The average molecular weight is 241 g/mol. The molecule has 17 heavy (non-hydrogen) atoms. The summed E-state index contributed by atoms with van der Waals surface area (Å²) in [5, 5.41) is 0. The summed E-state index contributed by atoms with van der Waals surface area (Å²) < 4.78 is 27.8. The maximum Gasteiger partial charge on any atom is 0.275 e. The van der Waals surface area contributed by atoms with Crippen LogP contribution in [0.1, 0.15) is 44.2 Å². The van der Waals surface area contributed by atoms with Gasteiger partial charge in [-0.3, -0.25) is 0 Å². The number of hydrogen-bond donors (Lipinski definition) is 1. The van der Waals surface area contributed by atoms with Gasteiger partial charge in [0.25, 0.3) is 5.92 Å². The van der Waals surface area contributed by atoms with Crippen molar-refractivity contribution in [1.82, 2.24) is 0 Å². The third kappa shape index (κ3) is 3.03. The Bertz CT molecular complexity index is 357. The Hall–Kier alpha value is -0.960. The van der Waals surface area contributed by atoms with E-state index in [0.29, 0.717) is 6.54 Å². The van der Waals surface area contributed by atoms with Gasteiger partial charge in [-0.2, -0.15) is 0 Å². The predicted molar refractivity (Wildman–Crippen MR) is 67.3 cm³/mol. The minimum Gasteiger partial charge on any atom is -0.330 e. The van der Waals surface area contributed by atoms with Crippen LogP contribution in [-0.2, 0) is 5.92 Å². The van der Waals surface area contributed by atoms with Crippen molar-refractivity contribution in [3.05, 3.63) is 35.4 Å². The van der Waals surface area contributed by atoms with Gasteiger partial charge >= 0.3 is 0 Å². The third-order valence-corrected chi connectivity index (χ3v) is 3.25. The quantitative estimate of drug-likeness (QED) is 0.831. The fourth-order valence-corrected chi connectivity index (χ4v) is 1.87. The molecule has 0 amide bonds. The summed E-state index contributed by atoms with van der Waals surface area (Å²) in [6.45, 7) is 5.58. The zero-order valence-corrected chi connectivity index (χ0v) is 10.7. The number of benzene rings is 1. The molecule has 0 spiro atoms. The van der Waals surface area contributed by atoms with Crippen molar-refractivity contribution in [2.75, 3.05) is 6.54 Å². The molecule has 0 heterocycles. The van der Waals surface area contributed by atoms with Gasteiger partial charge in [0.15, 0.2) is 0 Å². The van der Waals surface area contributed by atoms with Gasteiger partial charge in [-0.05, 0) is 30.5 Å². The Morgan fingerprint density at radius 1 is 1.29 bits per heavy atom. The maximum absolute atomic E-state index is 13.9. The van der Waals surface area contributed by atoms with E-state index >= 15 is 0 Å². The fraction of sp³-hybridized carbons (Fsp3) is 0.571. The molecule has 0 aliphatic rings. The molecule has 0 fully saturated rings. The molecule has 0 aliphatic carbocycles. The number of alkyl halides is 2. The van der Waals surface area contributed by atoms with Crippen molar-refractivity contribution in [3.63, 3.8) is 0 Å². The molecule has 0 saturated heterocycles. The lowest BCUT2D eigenvalue weighted by Gasteiger charge is -2.22. The van der Waals surface area contributed by atoms with Gasteiger partial charge in [0, 0.05) is 11.5 Å². The molecule has 96 valence electrons. The van der Waals surface area contributed by atoms with E-state index in [2.05, 4.69) is 0 Å². The van der Waals surface area contributed by atoms with Crippen LogP contribution in [-0.4, -0.2) is 6.54 Å². The van der Waals surface area contributed by atoms with Crippen LogP contribution in [0.25, 0.3) is 0 Å². The Morgan fingerprint density at radius 3 is 2.41 bits per heavy atom. The maximum atomic E-state index is 13.9. The van der Waals surface area contributed by atoms with Crippen molar-refractivity contribution in [2.45, 2.75) is 39.0 Å². The monoisotopic (exact) mass is 241 g/mol. The minimum atomic E-state index is -2.77. The fourth-order valence-electron chi connectivity index (χ4n) is 1.87. The van der Waals surface area contributed by atoms with Crippen LogP contribution in [0.4, 0.5) is 8.78 Å². The summed E-state index contributed by atoms with van der Waals surface area (Å²) in [7, 11) is 0. The Morgan fingerprint density at radius 2 is 1.94 bits per heavy atom. The Labute approximate surface area is 102 Å². The topological polar surface area (TPSA) is 26.0 Å². The van der Waals surface area contributed by atoms with Crippen molar-refractivity contribution in [2.24, 2.45) is 11.7 Å². The lowest BCUT2D eigenvalue weighted by Crippen LogP contribution is -2.21. The van der Waals surface area contributed by atoms with Gasteiger partial charge in [0.05, 0.1) is 0 Å². The lowest BCUT2D eigenvalue weighted by atomic mass is 9.91. The van der Waals surface area contributed by atoms with Crippen LogP contribution >= 0.6 is 0 Å². The molecule has 0 radical (unpaired) electrons. The molecular weight excluding hydrogens is 220 g/mol. The molecule has 0 aromatic heterocycles. The van der Waals surface area contributed by atoms with E-state index in [4.69, 9.17) is 5.73 Å². The highest BCUT2D eigenvalue weighted by Crippen LogP contribution is 2.36. The lowest BCUT2D eigenvalue weighted by molar-refractivity contribution is -0.0514. The van der Waals surface area contributed by atoms with Crippen molar-refractivity contribution in [3.8, 4) is 0 Å². The summed E-state index contributed by atoms with van der Waals surface area (Å²) >= 11 is 0. The molecule has 1 rings (SSSR count). The first kappa shape index (κ1) is 14.1. The zero-order chi connectivity index (χ0) is 13.1. The molecule has 0 aliphatic heterocycles. The summed E-state index contributed by atoms with van der Waals surface area (Å²) in [5.74, 6) is -3.31. The molecule has 1 atom stereocenters. The molecule has 1 aromatic rings. The normalized spacial score (nSPS) is 14.1. The summed E-state index contributed by atoms with van der Waals surface area (Å²) in [5.41, 5.74) is 6.65. The van der Waals surface area contributed by atoms with Crippen LogP contribution in [0.3, 0.4) is 0 Å². The second kappa shape index (κ2) is 5.58. The molecule has 3 heteroatoms. The number of hydrogen-bond acceptors (Lipinski definition) is 1. The van der Waals surface area contributed by atoms with Crippen molar-refractivity contribution in [1.29, 1.82) is 0 Å². The second-order valence-corrected chi connectivity index (χ2v) is 4.74. The number of rotatable bonds is 5. The van der Waals surface area contributed by atoms with Crippen molar-refractivity contribution < 1.29 is 8.78 Å². The van der Waals surface area contributed by atoms with Gasteiger partial charge in [-0.15, -0.1) is 0 Å². The summed E-state index contributed by atoms with van der Waals surface area (Å²) in [4.78, 5) is 0. The molecule has 0 bridgehead atoms. The van der Waals surface area contributed by atoms with E-state index in [-0.39, 0.29) is 11.5 Å². The molecular formula is C14H21F2N. The number of nitrogens with two attached hydrogens (primary N) is 1. The highest BCUT2D eigenvalue weighted by atomic mass is 19.3. The SMILES string of the molecule is CCC(CN)c1cccc(C(F)(F)C(C)C)c1. The first-order valence-corrected chi connectivity index (χ1v) is 6.11. The molecule has 0 saturated carbocycles. The Kier molecular flexibility index (Phi) is 4.63. The highest BCUT2D eigenvalue weighted by molar-refractivity contribution is 5.29. The average Bonchev–Trinajstić information content (AvgIpc) is 2.31. The molecule has 1 aromatic carbocycles. The van der Waals surface area contributed by atoms with E-state index in [0.717, 1.165) is 12.0 Å². The minimum absolute atomic E-state index is 0.0944. The highest BCUT2D eigenvalue weighted by Gasteiger charge is 2.35. The van der Waals surface area contributed by atoms with Crippen LogP contribution in [0.15, 0.2) is 24.3 Å². The van der Waals surface area contributed by atoms with Gasteiger partial charge in [-0.1, -0.05) is 39.0 Å². The van der Waals surface area contributed by atoms with E-state index in [1.54, 1.807) is 12.1 Å². The zero-order valence-electron chi connectivity index (χ0n) is 10.7. The van der Waals surface area contributed by atoms with E-state index in [1.807, 2.05) is 13.0 Å². The predicted octanol–water partition coefficient (Wildman–Crippen LogP) is 3.89. The number of halogens is 2. The van der Waals surface area contributed by atoms with Crippen LogP contribution < -0.4 is 5.73 Å². The van der Waals surface area contributed by atoms with Crippen molar-refractivity contribution >= 4 is 0 Å². The summed E-state index contributed by atoms with van der Waals surface area (Å²) in [6.07, 6.45) is 0.868. The first-order valence-electron chi connectivity index (χ1n) is 6.11. The molecule has 1 nitrogen and oxygen atoms in total. The Balaban J connectivity index is 3.09. The van der Waals surface area contributed by atoms with E-state index < -0.39 is 11.8 Å². The largest absolute Gasteiger partial charge is 0.330 e. The van der Waals surface area contributed by atoms with Gasteiger partial charge in [0.1, 0.15) is 0 Å².